The minimum Gasteiger partial charge on any atom is -0.466 e. The summed E-state index contributed by atoms with van der Waals surface area (Å²) in [6, 6.07) is 9.01. The van der Waals surface area contributed by atoms with Crippen LogP contribution in [0.5, 0.6) is 0 Å². The Morgan fingerprint density at radius 3 is 2.55 bits per heavy atom. The van der Waals surface area contributed by atoms with E-state index in [2.05, 4.69) is 43.4 Å². The van der Waals surface area contributed by atoms with Crippen LogP contribution < -0.4 is 5.32 Å². The molecule has 3 nitrogen and oxygen atoms in total. The van der Waals surface area contributed by atoms with Gasteiger partial charge < -0.3 is 10.1 Å². The fourth-order valence-corrected chi connectivity index (χ4v) is 2.10. The summed E-state index contributed by atoms with van der Waals surface area (Å²) in [5, 5.41) is 3.35. The van der Waals surface area contributed by atoms with Crippen LogP contribution in [0.25, 0.3) is 0 Å². The molecular weight excluding hydrogens is 250 g/mol. The summed E-state index contributed by atoms with van der Waals surface area (Å²) in [5.41, 5.74) is 2.66. The van der Waals surface area contributed by atoms with Crippen molar-refractivity contribution in [2.45, 2.75) is 52.5 Å². The van der Waals surface area contributed by atoms with Crippen LogP contribution in [0.4, 0.5) is 0 Å². The molecule has 0 saturated carbocycles. The Kier molecular flexibility index (Phi) is 7.97. The van der Waals surface area contributed by atoms with Crippen molar-refractivity contribution in [2.24, 2.45) is 0 Å². The molecule has 1 aromatic carbocycles. The quantitative estimate of drug-likeness (QED) is 0.700. The summed E-state index contributed by atoms with van der Waals surface area (Å²) in [7, 11) is 0. The average Bonchev–Trinajstić information content (AvgIpc) is 2.46. The lowest BCUT2D eigenvalue weighted by Gasteiger charge is -2.14. The molecule has 0 aliphatic rings. The topological polar surface area (TPSA) is 38.3 Å². The molecule has 0 radical (unpaired) electrons. The van der Waals surface area contributed by atoms with Gasteiger partial charge in [0.2, 0.25) is 0 Å². The van der Waals surface area contributed by atoms with Crippen molar-refractivity contribution in [1.82, 2.24) is 5.32 Å². The first kappa shape index (κ1) is 16.7. The largest absolute Gasteiger partial charge is 0.466 e. The number of carbonyl (C=O) groups is 1. The van der Waals surface area contributed by atoms with E-state index in [4.69, 9.17) is 4.74 Å². The number of aryl methyl sites for hydroxylation is 1. The molecule has 0 heterocycles. The van der Waals surface area contributed by atoms with Gasteiger partial charge in [0, 0.05) is 12.6 Å². The summed E-state index contributed by atoms with van der Waals surface area (Å²) in [4.78, 5) is 11.2. The van der Waals surface area contributed by atoms with E-state index in [9.17, 15) is 4.79 Å². The van der Waals surface area contributed by atoms with Crippen molar-refractivity contribution in [2.75, 3.05) is 13.2 Å². The Bertz CT molecular complexity index is 386. The summed E-state index contributed by atoms with van der Waals surface area (Å²) in [5.74, 6) is -0.137. The second-order valence-corrected chi connectivity index (χ2v) is 5.08. The van der Waals surface area contributed by atoms with Gasteiger partial charge in [-0.15, -0.1) is 0 Å². The predicted molar refractivity (Wildman–Crippen MR) is 82.7 cm³/mol. The zero-order valence-electron chi connectivity index (χ0n) is 12.9. The second-order valence-electron chi connectivity index (χ2n) is 5.08. The van der Waals surface area contributed by atoms with Crippen molar-refractivity contribution in [3.63, 3.8) is 0 Å². The molecule has 0 aliphatic carbocycles. The van der Waals surface area contributed by atoms with Crippen LogP contribution in [-0.4, -0.2) is 19.1 Å². The fraction of sp³-hybridized carbons (Fsp3) is 0.588. The molecule has 112 valence electrons. The number of carbonyl (C=O) groups excluding carboxylic acids is 1. The third-order valence-electron chi connectivity index (χ3n) is 3.38. The molecule has 0 aromatic heterocycles. The lowest BCUT2D eigenvalue weighted by atomic mass is 10.0. The molecule has 1 atom stereocenters. The maximum Gasteiger partial charge on any atom is 0.307 e. The zero-order valence-corrected chi connectivity index (χ0v) is 12.9. The molecule has 0 bridgehead atoms. The Hall–Kier alpha value is -1.35. The highest BCUT2D eigenvalue weighted by molar-refractivity contribution is 5.69. The van der Waals surface area contributed by atoms with Crippen LogP contribution in [0.15, 0.2) is 24.3 Å². The molecule has 1 unspecified atom stereocenters. The van der Waals surface area contributed by atoms with Crippen molar-refractivity contribution < 1.29 is 9.53 Å². The van der Waals surface area contributed by atoms with E-state index < -0.39 is 0 Å². The maximum atomic E-state index is 11.2. The van der Waals surface area contributed by atoms with Gasteiger partial charge in [0.25, 0.3) is 0 Å². The van der Waals surface area contributed by atoms with Crippen molar-refractivity contribution in [1.29, 1.82) is 0 Å². The number of esters is 1. The third-order valence-corrected chi connectivity index (χ3v) is 3.38. The van der Waals surface area contributed by atoms with Gasteiger partial charge in [0.15, 0.2) is 0 Å². The van der Waals surface area contributed by atoms with Gasteiger partial charge in [0.1, 0.15) is 0 Å². The van der Waals surface area contributed by atoms with Gasteiger partial charge in [-0.2, -0.15) is 0 Å². The summed E-state index contributed by atoms with van der Waals surface area (Å²) in [6.45, 7) is 7.26. The molecule has 1 aromatic rings. The van der Waals surface area contributed by atoms with Gasteiger partial charge in [-0.05, 0) is 37.8 Å². The van der Waals surface area contributed by atoms with Crippen molar-refractivity contribution >= 4 is 5.97 Å². The summed E-state index contributed by atoms with van der Waals surface area (Å²) < 4.78 is 4.90. The van der Waals surface area contributed by atoms with Crippen molar-refractivity contribution in [3.05, 3.63) is 35.4 Å². The molecule has 20 heavy (non-hydrogen) atoms. The standard InChI is InChI=1S/C17H27NO2/c1-4-6-7-15-8-10-16(11-9-15)14(3)18-13-12-17(19)20-5-2/h8-11,14,18H,4-7,12-13H2,1-3H3. The normalized spacial score (nSPS) is 12.2. The summed E-state index contributed by atoms with van der Waals surface area (Å²) in [6.07, 6.45) is 4.05. The number of ether oxygens (including phenoxy) is 1. The fourth-order valence-electron chi connectivity index (χ4n) is 2.10. The van der Waals surface area contributed by atoms with E-state index in [1.165, 1.54) is 24.0 Å². The van der Waals surface area contributed by atoms with Crippen LogP contribution in [0, 0.1) is 0 Å². The number of benzene rings is 1. The van der Waals surface area contributed by atoms with Gasteiger partial charge in [-0.25, -0.2) is 0 Å². The molecule has 0 fully saturated rings. The average molecular weight is 277 g/mol. The SMILES string of the molecule is CCCCc1ccc(C(C)NCCC(=O)OCC)cc1. The van der Waals surface area contributed by atoms with Gasteiger partial charge in [-0.1, -0.05) is 37.6 Å². The molecule has 1 N–H and O–H groups in total. The lowest BCUT2D eigenvalue weighted by Crippen LogP contribution is -2.22. The molecule has 0 saturated heterocycles. The Morgan fingerprint density at radius 2 is 1.95 bits per heavy atom. The van der Waals surface area contributed by atoms with Gasteiger partial charge in [0.05, 0.1) is 13.0 Å². The monoisotopic (exact) mass is 277 g/mol. The lowest BCUT2D eigenvalue weighted by molar-refractivity contribution is -0.143. The Balaban J connectivity index is 2.35. The van der Waals surface area contributed by atoms with Crippen LogP contribution in [0.2, 0.25) is 0 Å². The number of rotatable bonds is 9. The minimum absolute atomic E-state index is 0.137. The second kappa shape index (κ2) is 9.54. The van der Waals surface area contributed by atoms with E-state index >= 15 is 0 Å². The van der Waals surface area contributed by atoms with Gasteiger partial charge in [-0.3, -0.25) is 4.79 Å². The van der Waals surface area contributed by atoms with Crippen LogP contribution in [0.3, 0.4) is 0 Å². The van der Waals surface area contributed by atoms with E-state index in [-0.39, 0.29) is 12.0 Å². The Morgan fingerprint density at radius 1 is 1.25 bits per heavy atom. The highest BCUT2D eigenvalue weighted by Gasteiger charge is 2.06. The maximum absolute atomic E-state index is 11.2. The van der Waals surface area contributed by atoms with Crippen LogP contribution in [0.1, 0.15) is 57.2 Å². The minimum atomic E-state index is -0.137. The zero-order chi connectivity index (χ0) is 14.8. The molecule has 1 rings (SSSR count). The highest BCUT2D eigenvalue weighted by Crippen LogP contribution is 2.14. The number of nitrogens with one attached hydrogen (secondary N) is 1. The molecular formula is C17H27NO2. The van der Waals surface area contributed by atoms with Crippen LogP contribution >= 0.6 is 0 Å². The van der Waals surface area contributed by atoms with E-state index in [0.717, 1.165) is 6.42 Å². The first-order chi connectivity index (χ1) is 9.67. The van der Waals surface area contributed by atoms with E-state index in [0.29, 0.717) is 19.6 Å². The number of unbranched alkanes of at least 4 members (excludes halogenated alkanes) is 1. The number of hydrogen-bond acceptors (Lipinski definition) is 3. The van der Waals surface area contributed by atoms with E-state index in [1.807, 2.05) is 6.92 Å². The molecule has 0 amide bonds. The molecule has 3 heteroatoms. The van der Waals surface area contributed by atoms with Crippen LogP contribution in [-0.2, 0) is 16.0 Å². The number of hydrogen-bond donors (Lipinski definition) is 1. The third kappa shape index (κ3) is 6.20. The van der Waals surface area contributed by atoms with Gasteiger partial charge >= 0.3 is 5.97 Å². The Labute approximate surface area is 122 Å². The summed E-state index contributed by atoms with van der Waals surface area (Å²) >= 11 is 0. The molecule has 0 aliphatic heterocycles. The predicted octanol–water partition coefficient (Wildman–Crippen LogP) is 3.63. The first-order valence-electron chi connectivity index (χ1n) is 7.65. The highest BCUT2D eigenvalue weighted by atomic mass is 16.5. The van der Waals surface area contributed by atoms with E-state index in [1.54, 1.807) is 0 Å². The van der Waals surface area contributed by atoms with Crippen molar-refractivity contribution in [3.8, 4) is 0 Å². The smallest absolute Gasteiger partial charge is 0.307 e. The molecule has 0 spiro atoms. The first-order valence-corrected chi connectivity index (χ1v) is 7.65.